The number of aliphatic hydroxyl groups excluding tert-OH is 2. The lowest BCUT2D eigenvalue weighted by Gasteiger charge is -2.46. The van der Waals surface area contributed by atoms with Crippen molar-refractivity contribution >= 4 is 35.2 Å². The maximum Gasteiger partial charge on any atom is 0.255 e. The molecule has 1 saturated carbocycles. The number of fused-ring (bicyclic) bond motifs is 3. The molecule has 0 aromatic heterocycles. The van der Waals surface area contributed by atoms with Gasteiger partial charge in [0.25, 0.3) is 5.91 Å². The van der Waals surface area contributed by atoms with Crippen molar-refractivity contribution in [2.75, 3.05) is 19.0 Å². The largest absolute Gasteiger partial charge is 0.508 e. The molecular formula is C28H26N2O8. The van der Waals surface area contributed by atoms with Crippen molar-refractivity contribution in [3.8, 4) is 16.9 Å². The van der Waals surface area contributed by atoms with E-state index in [1.54, 1.807) is 49.3 Å². The third kappa shape index (κ3) is 3.37. The summed E-state index contributed by atoms with van der Waals surface area (Å²) in [5, 5.41) is 44.9. The van der Waals surface area contributed by atoms with Gasteiger partial charge < -0.3 is 31.1 Å². The molecule has 5 rings (SSSR count). The van der Waals surface area contributed by atoms with Crippen LogP contribution >= 0.6 is 0 Å². The van der Waals surface area contributed by atoms with Crippen molar-refractivity contribution in [1.82, 2.24) is 0 Å². The van der Waals surface area contributed by atoms with Gasteiger partial charge in [-0.25, -0.2) is 0 Å². The van der Waals surface area contributed by atoms with E-state index in [-0.39, 0.29) is 36.1 Å². The minimum absolute atomic E-state index is 0.00478. The van der Waals surface area contributed by atoms with Crippen molar-refractivity contribution < 1.29 is 39.6 Å². The van der Waals surface area contributed by atoms with Crippen LogP contribution in [0.15, 0.2) is 47.2 Å². The number of benzene rings is 2. The Kier molecular flexibility index (Phi) is 5.68. The van der Waals surface area contributed by atoms with E-state index in [0.29, 0.717) is 34.2 Å². The minimum atomic E-state index is -2.62. The monoisotopic (exact) mass is 518 g/mol. The number of primary amides is 1. The molecule has 3 atom stereocenters. The number of nitrogens with two attached hydrogens (primary N) is 1. The van der Waals surface area contributed by atoms with Gasteiger partial charge in [0.15, 0.2) is 11.4 Å². The van der Waals surface area contributed by atoms with Gasteiger partial charge in [0.1, 0.15) is 29.1 Å². The van der Waals surface area contributed by atoms with Crippen LogP contribution in [0.4, 0.5) is 5.69 Å². The van der Waals surface area contributed by atoms with Gasteiger partial charge in [0.2, 0.25) is 5.78 Å². The number of aliphatic hydroxyl groups is 3. The van der Waals surface area contributed by atoms with Gasteiger partial charge in [0, 0.05) is 48.8 Å². The minimum Gasteiger partial charge on any atom is -0.508 e. The van der Waals surface area contributed by atoms with E-state index >= 15 is 0 Å². The molecule has 0 radical (unpaired) electrons. The SMILES string of the molecule is CN(C)c1cc(-c2cccc(C=O)c2)c(O)c2c1CC1CC3CC(=O)C(C(N)=O)=C(O)C3(O)C(=O)C1=C2O. The predicted octanol–water partition coefficient (Wildman–Crippen LogP) is 1.97. The summed E-state index contributed by atoms with van der Waals surface area (Å²) in [6, 6.07) is 8.26. The number of Topliss-reactive ketones (excluding diaryl/α,β-unsaturated/α-hetero) is 2. The van der Waals surface area contributed by atoms with Crippen LogP contribution in [0.2, 0.25) is 0 Å². The highest BCUT2D eigenvalue weighted by Gasteiger charge is 2.60. The summed E-state index contributed by atoms with van der Waals surface area (Å²) in [4.78, 5) is 51.2. The summed E-state index contributed by atoms with van der Waals surface area (Å²) >= 11 is 0. The van der Waals surface area contributed by atoms with Crippen LogP contribution in [0, 0.1) is 11.8 Å². The smallest absolute Gasteiger partial charge is 0.255 e. The molecule has 1 amide bonds. The number of aromatic hydroxyl groups is 1. The standard InChI is InChI=1S/C28H26N2O8/c1-30(2)18-10-16(13-5-3-4-12(6-13)11-31)23(33)21-17(18)8-14-7-15-9-19(32)22(27(29)37)26(36)28(15,38)25(35)20(14)24(21)34/h3-6,10-11,14-15,33-34,36,38H,7-9H2,1-2H3,(H2,29,37). The number of aldehydes is 1. The quantitative estimate of drug-likeness (QED) is 0.299. The first-order valence-electron chi connectivity index (χ1n) is 12.0. The average molecular weight is 519 g/mol. The van der Waals surface area contributed by atoms with Crippen molar-refractivity contribution in [2.45, 2.75) is 24.9 Å². The number of hydrogen-bond donors (Lipinski definition) is 5. The zero-order valence-corrected chi connectivity index (χ0v) is 20.7. The van der Waals surface area contributed by atoms with Crippen molar-refractivity contribution in [1.29, 1.82) is 0 Å². The van der Waals surface area contributed by atoms with E-state index < -0.39 is 52.0 Å². The number of carbonyl (C=O) groups excluding carboxylic acids is 4. The van der Waals surface area contributed by atoms with Crippen molar-refractivity contribution in [3.05, 3.63) is 63.9 Å². The van der Waals surface area contributed by atoms with E-state index in [2.05, 4.69) is 0 Å². The Balaban J connectivity index is 1.75. The third-order valence-corrected chi connectivity index (χ3v) is 7.86. The number of nitrogens with zero attached hydrogens (tertiary/aromatic N) is 1. The maximum atomic E-state index is 13.7. The van der Waals surface area contributed by atoms with Gasteiger partial charge in [-0.1, -0.05) is 18.2 Å². The second kappa shape index (κ2) is 8.56. The molecule has 0 bridgehead atoms. The second-order valence-corrected chi connectivity index (χ2v) is 10.2. The fourth-order valence-corrected chi connectivity index (χ4v) is 6.07. The first kappa shape index (κ1) is 25.2. The van der Waals surface area contributed by atoms with Crippen molar-refractivity contribution in [3.63, 3.8) is 0 Å². The summed E-state index contributed by atoms with van der Waals surface area (Å²) in [5.74, 6) is -6.74. The molecule has 6 N–H and O–H groups in total. The second-order valence-electron chi connectivity index (χ2n) is 10.2. The molecule has 2 aromatic rings. The first-order chi connectivity index (χ1) is 17.9. The van der Waals surface area contributed by atoms with Crippen LogP contribution in [-0.4, -0.2) is 63.9 Å². The van der Waals surface area contributed by atoms with Crippen LogP contribution in [0.5, 0.6) is 5.75 Å². The lowest BCUT2D eigenvalue weighted by molar-refractivity contribution is -0.147. The molecule has 10 heteroatoms. The van der Waals surface area contributed by atoms with Gasteiger partial charge in [-0.15, -0.1) is 0 Å². The Morgan fingerprint density at radius 2 is 1.84 bits per heavy atom. The molecule has 3 unspecified atom stereocenters. The molecule has 38 heavy (non-hydrogen) atoms. The van der Waals surface area contributed by atoms with Crippen LogP contribution in [0.3, 0.4) is 0 Å². The zero-order chi connectivity index (χ0) is 27.7. The fourth-order valence-electron chi connectivity index (χ4n) is 6.07. The number of hydrogen-bond acceptors (Lipinski definition) is 9. The highest BCUT2D eigenvalue weighted by molar-refractivity contribution is 6.22. The number of amides is 1. The van der Waals surface area contributed by atoms with Gasteiger partial charge in [-0.05, 0) is 42.0 Å². The summed E-state index contributed by atoms with van der Waals surface area (Å²) in [6.07, 6.45) is 0.548. The molecule has 3 aliphatic carbocycles. The number of anilines is 1. The molecule has 10 nitrogen and oxygen atoms in total. The Hall–Kier alpha value is -4.44. The molecule has 2 aromatic carbocycles. The normalized spacial score (nSPS) is 24.5. The van der Waals surface area contributed by atoms with E-state index in [9.17, 15) is 39.6 Å². The number of phenols is 1. The molecule has 0 saturated heterocycles. The van der Waals surface area contributed by atoms with Gasteiger partial charge in [-0.2, -0.15) is 0 Å². The van der Waals surface area contributed by atoms with E-state index in [1.807, 2.05) is 0 Å². The first-order valence-corrected chi connectivity index (χ1v) is 12.0. The Morgan fingerprint density at radius 3 is 2.47 bits per heavy atom. The fraction of sp³-hybridized carbons (Fsp3) is 0.286. The molecule has 1 fully saturated rings. The zero-order valence-electron chi connectivity index (χ0n) is 20.7. The lowest BCUT2D eigenvalue weighted by Crippen LogP contribution is -2.58. The number of carbonyl (C=O) groups is 4. The predicted molar refractivity (Wildman–Crippen MR) is 137 cm³/mol. The van der Waals surface area contributed by atoms with Crippen LogP contribution in [0.25, 0.3) is 16.9 Å². The van der Waals surface area contributed by atoms with Crippen LogP contribution < -0.4 is 10.6 Å². The topological polar surface area (TPSA) is 178 Å². The summed E-state index contributed by atoms with van der Waals surface area (Å²) < 4.78 is 0. The Labute approximate surface area is 217 Å². The van der Waals surface area contributed by atoms with Crippen LogP contribution in [0.1, 0.15) is 34.3 Å². The lowest BCUT2D eigenvalue weighted by atomic mass is 9.59. The molecule has 3 aliphatic rings. The summed E-state index contributed by atoms with van der Waals surface area (Å²) in [6.45, 7) is 0. The van der Waals surface area contributed by atoms with Gasteiger partial charge >= 0.3 is 0 Å². The maximum absolute atomic E-state index is 13.7. The molecule has 0 aliphatic heterocycles. The van der Waals surface area contributed by atoms with Crippen molar-refractivity contribution in [2.24, 2.45) is 17.6 Å². The van der Waals surface area contributed by atoms with Crippen LogP contribution in [-0.2, 0) is 20.8 Å². The van der Waals surface area contributed by atoms with E-state index in [0.717, 1.165) is 0 Å². The number of phenolic OH excluding ortho intramolecular Hbond substituents is 1. The molecular weight excluding hydrogens is 492 g/mol. The number of rotatable bonds is 4. The highest BCUT2D eigenvalue weighted by Crippen LogP contribution is 2.54. The third-order valence-electron chi connectivity index (χ3n) is 7.86. The Morgan fingerprint density at radius 1 is 1.13 bits per heavy atom. The Bertz CT molecular complexity index is 1520. The van der Waals surface area contributed by atoms with Gasteiger partial charge in [-0.3, -0.25) is 19.2 Å². The van der Waals surface area contributed by atoms with Gasteiger partial charge in [0.05, 0.1) is 5.56 Å². The molecule has 0 heterocycles. The summed E-state index contributed by atoms with van der Waals surface area (Å²) in [7, 11) is 3.57. The molecule has 0 spiro atoms. The van der Waals surface area contributed by atoms with E-state index in [4.69, 9.17) is 5.73 Å². The summed E-state index contributed by atoms with van der Waals surface area (Å²) in [5.41, 5.74) is 3.98. The highest BCUT2D eigenvalue weighted by atomic mass is 16.3. The number of ketones is 2. The van der Waals surface area contributed by atoms with E-state index in [1.165, 1.54) is 0 Å². The molecule has 196 valence electrons. The average Bonchev–Trinajstić information content (AvgIpc) is 2.86.